The Kier molecular flexibility index (Phi) is 6.36. The maximum atomic E-state index is 13.1. The molecule has 2 aromatic carbocycles. The van der Waals surface area contributed by atoms with Crippen molar-refractivity contribution in [2.45, 2.75) is 6.18 Å². The number of hydrogen-bond donors (Lipinski definition) is 1. The van der Waals surface area contributed by atoms with E-state index in [1.54, 1.807) is 12.1 Å². The van der Waals surface area contributed by atoms with E-state index < -0.39 is 28.5 Å². The van der Waals surface area contributed by atoms with Gasteiger partial charge in [0.15, 0.2) is 0 Å². The molecule has 1 aromatic heterocycles. The smallest absolute Gasteiger partial charge is 0.320 e. The number of ketones is 1. The Morgan fingerprint density at radius 1 is 0.933 bits per heavy atom. The van der Waals surface area contributed by atoms with Gasteiger partial charge in [-0.15, -0.1) is 0 Å². The molecule has 0 unspecified atom stereocenters. The molecule has 30 heavy (non-hydrogen) atoms. The Labute approximate surface area is 183 Å². The number of anilines is 1. The van der Waals surface area contributed by atoms with Gasteiger partial charge in [0.25, 0.3) is 5.91 Å². The van der Waals surface area contributed by atoms with Crippen LogP contribution in [0.1, 0.15) is 32.0 Å². The molecule has 0 aliphatic carbocycles. The summed E-state index contributed by atoms with van der Waals surface area (Å²) in [7, 11) is 0. The van der Waals surface area contributed by atoms with Crippen molar-refractivity contribution in [2.24, 2.45) is 0 Å². The van der Waals surface area contributed by atoms with E-state index in [4.69, 9.17) is 34.8 Å². The summed E-state index contributed by atoms with van der Waals surface area (Å²) >= 11 is 17.5. The lowest BCUT2D eigenvalue weighted by molar-refractivity contribution is -0.137. The van der Waals surface area contributed by atoms with Gasteiger partial charge in [-0.1, -0.05) is 46.9 Å². The zero-order valence-electron chi connectivity index (χ0n) is 14.7. The fourth-order valence-corrected chi connectivity index (χ4v) is 3.17. The third kappa shape index (κ3) is 4.75. The van der Waals surface area contributed by atoms with Crippen molar-refractivity contribution in [3.63, 3.8) is 0 Å². The highest BCUT2D eigenvalue weighted by atomic mass is 35.5. The number of nitrogens with one attached hydrogen (secondary N) is 1. The molecule has 0 bridgehead atoms. The van der Waals surface area contributed by atoms with Crippen molar-refractivity contribution in [3.8, 4) is 0 Å². The molecule has 1 amide bonds. The van der Waals surface area contributed by atoms with E-state index in [1.807, 2.05) is 0 Å². The van der Waals surface area contributed by atoms with E-state index in [0.29, 0.717) is 6.07 Å². The van der Waals surface area contributed by atoms with Gasteiger partial charge in [-0.25, -0.2) is 4.98 Å². The Morgan fingerprint density at radius 3 is 2.30 bits per heavy atom. The molecule has 0 aliphatic rings. The molecular formula is C20H10Cl3F3N2O2. The van der Waals surface area contributed by atoms with E-state index in [2.05, 4.69) is 10.3 Å². The summed E-state index contributed by atoms with van der Waals surface area (Å²) < 4.78 is 39.2. The first kappa shape index (κ1) is 22.1. The van der Waals surface area contributed by atoms with Crippen molar-refractivity contribution < 1.29 is 22.8 Å². The van der Waals surface area contributed by atoms with Crippen LogP contribution < -0.4 is 5.32 Å². The zero-order chi connectivity index (χ0) is 22.1. The van der Waals surface area contributed by atoms with Gasteiger partial charge >= 0.3 is 6.18 Å². The summed E-state index contributed by atoms with van der Waals surface area (Å²) in [6, 6.07) is 10.2. The van der Waals surface area contributed by atoms with Gasteiger partial charge < -0.3 is 5.32 Å². The SMILES string of the molecule is O=C(Nc1cc(Cl)cnc1C(=O)c1ccccc1Cl)c1ccc(Cl)c(C(F)(F)F)c1. The van der Waals surface area contributed by atoms with Crippen LogP contribution in [0, 0.1) is 0 Å². The van der Waals surface area contributed by atoms with Gasteiger partial charge in [-0.2, -0.15) is 13.2 Å². The summed E-state index contributed by atoms with van der Waals surface area (Å²) in [6.45, 7) is 0. The number of nitrogens with zero attached hydrogens (tertiary/aromatic N) is 1. The highest BCUT2D eigenvalue weighted by Crippen LogP contribution is 2.35. The predicted octanol–water partition coefficient (Wildman–Crippen LogP) is 6.54. The number of carbonyl (C=O) groups excluding carboxylic acids is 2. The van der Waals surface area contributed by atoms with Gasteiger partial charge in [-0.3, -0.25) is 9.59 Å². The van der Waals surface area contributed by atoms with E-state index in [1.165, 1.54) is 24.4 Å². The molecule has 1 heterocycles. The second-order valence-corrected chi connectivity index (χ2v) is 7.26. The Balaban J connectivity index is 1.98. The number of aromatic nitrogens is 1. The molecule has 3 rings (SSSR count). The van der Waals surface area contributed by atoms with Crippen molar-refractivity contribution in [2.75, 3.05) is 5.32 Å². The molecule has 3 aromatic rings. The van der Waals surface area contributed by atoms with Crippen LogP contribution in [0.2, 0.25) is 15.1 Å². The molecule has 0 atom stereocenters. The summed E-state index contributed by atoms with van der Waals surface area (Å²) in [5.74, 6) is -1.51. The minimum atomic E-state index is -4.74. The average Bonchev–Trinajstić information content (AvgIpc) is 2.67. The predicted molar refractivity (Wildman–Crippen MR) is 109 cm³/mol. The van der Waals surface area contributed by atoms with E-state index in [0.717, 1.165) is 12.1 Å². The molecular weight excluding hydrogens is 464 g/mol. The average molecular weight is 474 g/mol. The number of carbonyl (C=O) groups is 2. The van der Waals surface area contributed by atoms with Gasteiger partial charge in [0, 0.05) is 17.3 Å². The third-order valence-corrected chi connectivity index (χ3v) is 4.84. The number of amides is 1. The first-order chi connectivity index (χ1) is 14.1. The molecule has 0 aliphatic heterocycles. The lowest BCUT2D eigenvalue weighted by Crippen LogP contribution is -2.17. The zero-order valence-corrected chi connectivity index (χ0v) is 17.0. The minimum Gasteiger partial charge on any atom is -0.320 e. The minimum absolute atomic E-state index is 0.0825. The van der Waals surface area contributed by atoms with E-state index in [-0.39, 0.29) is 32.6 Å². The topological polar surface area (TPSA) is 59.1 Å². The number of pyridine rings is 1. The van der Waals surface area contributed by atoms with Crippen LogP contribution in [-0.2, 0) is 6.18 Å². The highest BCUT2D eigenvalue weighted by molar-refractivity contribution is 6.35. The first-order valence-corrected chi connectivity index (χ1v) is 9.34. The largest absolute Gasteiger partial charge is 0.417 e. The maximum absolute atomic E-state index is 13.1. The molecule has 0 saturated carbocycles. The van der Waals surface area contributed by atoms with Crippen LogP contribution in [0.3, 0.4) is 0 Å². The van der Waals surface area contributed by atoms with Crippen molar-refractivity contribution in [3.05, 3.63) is 92.2 Å². The molecule has 10 heteroatoms. The Morgan fingerprint density at radius 2 is 1.63 bits per heavy atom. The molecule has 1 N–H and O–H groups in total. The van der Waals surface area contributed by atoms with Crippen LogP contribution >= 0.6 is 34.8 Å². The number of alkyl halides is 3. The van der Waals surface area contributed by atoms with Crippen LogP contribution in [0.4, 0.5) is 18.9 Å². The van der Waals surface area contributed by atoms with Crippen molar-refractivity contribution in [1.29, 1.82) is 0 Å². The highest BCUT2D eigenvalue weighted by Gasteiger charge is 2.34. The summed E-state index contributed by atoms with van der Waals surface area (Å²) in [5, 5.41) is 2.11. The van der Waals surface area contributed by atoms with Crippen LogP contribution in [0.15, 0.2) is 54.7 Å². The standard InChI is InChI=1S/C20H10Cl3F3N2O2/c21-11-8-16(17(27-9-11)18(29)12-3-1-2-4-14(12)22)28-19(30)10-5-6-15(23)13(7-10)20(24,25)26/h1-9H,(H,28,30). The van der Waals surface area contributed by atoms with Crippen LogP contribution in [-0.4, -0.2) is 16.7 Å². The number of benzene rings is 2. The molecule has 0 spiro atoms. The number of halogens is 6. The number of rotatable bonds is 4. The Hall–Kier alpha value is -2.61. The van der Waals surface area contributed by atoms with Gasteiger partial charge in [0.1, 0.15) is 5.69 Å². The molecule has 4 nitrogen and oxygen atoms in total. The fourth-order valence-electron chi connectivity index (χ4n) is 2.57. The monoisotopic (exact) mass is 472 g/mol. The molecule has 0 saturated heterocycles. The molecule has 154 valence electrons. The normalized spacial score (nSPS) is 11.3. The van der Waals surface area contributed by atoms with E-state index >= 15 is 0 Å². The lowest BCUT2D eigenvalue weighted by atomic mass is 10.1. The quantitative estimate of drug-likeness (QED) is 0.438. The van der Waals surface area contributed by atoms with Gasteiger partial charge in [0.2, 0.25) is 5.78 Å². The summed E-state index contributed by atoms with van der Waals surface area (Å²) in [4.78, 5) is 29.4. The Bertz CT molecular complexity index is 1150. The van der Waals surface area contributed by atoms with Gasteiger partial charge in [-0.05, 0) is 36.4 Å². The van der Waals surface area contributed by atoms with Crippen molar-refractivity contribution in [1.82, 2.24) is 4.98 Å². The van der Waals surface area contributed by atoms with Crippen LogP contribution in [0.25, 0.3) is 0 Å². The number of hydrogen-bond acceptors (Lipinski definition) is 3. The molecule has 0 fully saturated rings. The van der Waals surface area contributed by atoms with Crippen molar-refractivity contribution >= 4 is 52.2 Å². The summed E-state index contributed by atoms with van der Waals surface area (Å²) in [5.41, 5.74) is -1.60. The molecule has 0 radical (unpaired) electrons. The fraction of sp³-hybridized carbons (Fsp3) is 0.0500. The first-order valence-electron chi connectivity index (χ1n) is 8.21. The third-order valence-electron chi connectivity index (χ3n) is 3.97. The maximum Gasteiger partial charge on any atom is 0.417 e. The van der Waals surface area contributed by atoms with Gasteiger partial charge in [0.05, 0.1) is 26.3 Å². The summed E-state index contributed by atoms with van der Waals surface area (Å²) in [6.07, 6.45) is -3.54. The second kappa shape index (κ2) is 8.63. The van der Waals surface area contributed by atoms with Crippen LogP contribution in [0.5, 0.6) is 0 Å². The van der Waals surface area contributed by atoms with E-state index in [9.17, 15) is 22.8 Å². The lowest BCUT2D eigenvalue weighted by Gasteiger charge is -2.13. The second-order valence-electron chi connectivity index (χ2n) is 6.01.